The average Bonchev–Trinajstić information content (AvgIpc) is 3.26. The Labute approximate surface area is 140 Å². The zero-order valence-electron chi connectivity index (χ0n) is 13.4. The Morgan fingerprint density at radius 3 is 2.74 bits per heavy atom. The predicted octanol–water partition coefficient (Wildman–Crippen LogP) is 0.00210. The van der Waals surface area contributed by atoms with Gasteiger partial charge in [-0.15, -0.1) is 11.3 Å². The Bertz CT molecular complexity index is 542. The van der Waals surface area contributed by atoms with E-state index in [1.54, 1.807) is 23.3 Å². The van der Waals surface area contributed by atoms with Crippen molar-refractivity contribution in [2.75, 3.05) is 51.2 Å². The largest absolute Gasteiger partial charge is 0.357 e. The van der Waals surface area contributed by atoms with E-state index < -0.39 is 0 Å². The molecule has 1 atom stereocenters. The molecule has 1 aromatic rings. The van der Waals surface area contributed by atoms with Crippen molar-refractivity contribution >= 4 is 28.3 Å². The number of nitrogens with one attached hydrogen (secondary N) is 1. The summed E-state index contributed by atoms with van der Waals surface area (Å²) in [6, 6.07) is -0.288. The van der Waals surface area contributed by atoms with Crippen LogP contribution in [0.25, 0.3) is 0 Å². The lowest BCUT2D eigenvalue weighted by Crippen LogP contribution is -2.52. The summed E-state index contributed by atoms with van der Waals surface area (Å²) in [5, 5.41) is 5.69. The van der Waals surface area contributed by atoms with Crippen LogP contribution in [0.4, 0.5) is 5.13 Å². The van der Waals surface area contributed by atoms with E-state index in [1.165, 1.54) is 0 Å². The Morgan fingerprint density at radius 2 is 2.09 bits per heavy atom. The van der Waals surface area contributed by atoms with Gasteiger partial charge in [-0.2, -0.15) is 0 Å². The standard InChI is InChI=1S/C15H23N5O2S/c1-16-14(22)12-3-2-5-20(12)13(21)11-18-6-8-19(9-7-18)15-17-4-10-23-15/h4,10,12H,2-3,5-9,11H2,1H3,(H,16,22). The monoisotopic (exact) mass is 337 g/mol. The highest BCUT2D eigenvalue weighted by Crippen LogP contribution is 2.20. The van der Waals surface area contributed by atoms with Crippen LogP contribution in [-0.4, -0.2) is 79.0 Å². The second-order valence-corrected chi connectivity index (χ2v) is 6.81. The number of rotatable bonds is 4. The number of amides is 2. The first-order valence-corrected chi connectivity index (χ1v) is 8.95. The normalized spacial score (nSPS) is 22.4. The van der Waals surface area contributed by atoms with E-state index in [9.17, 15) is 9.59 Å². The Hall–Kier alpha value is -1.67. The summed E-state index contributed by atoms with van der Waals surface area (Å²) in [5.41, 5.74) is 0. The molecule has 0 aliphatic carbocycles. The number of carbonyl (C=O) groups is 2. The summed E-state index contributed by atoms with van der Waals surface area (Å²) in [4.78, 5) is 34.9. The molecule has 0 bridgehead atoms. The molecule has 2 amide bonds. The van der Waals surface area contributed by atoms with Gasteiger partial charge in [0.15, 0.2) is 5.13 Å². The van der Waals surface area contributed by atoms with Crippen molar-refractivity contribution in [1.29, 1.82) is 0 Å². The summed E-state index contributed by atoms with van der Waals surface area (Å²) in [6.45, 7) is 4.57. The maximum Gasteiger partial charge on any atom is 0.242 e. The topological polar surface area (TPSA) is 68.8 Å². The molecule has 0 radical (unpaired) electrons. The third-order valence-electron chi connectivity index (χ3n) is 4.54. The maximum atomic E-state index is 12.5. The number of piperazine rings is 1. The lowest BCUT2D eigenvalue weighted by atomic mass is 10.2. The Morgan fingerprint density at radius 1 is 1.30 bits per heavy atom. The summed E-state index contributed by atoms with van der Waals surface area (Å²) >= 11 is 1.65. The smallest absolute Gasteiger partial charge is 0.242 e. The lowest BCUT2D eigenvalue weighted by molar-refractivity contribution is -0.139. The van der Waals surface area contributed by atoms with Crippen LogP contribution in [0, 0.1) is 0 Å². The second-order valence-electron chi connectivity index (χ2n) is 5.94. The fraction of sp³-hybridized carbons (Fsp3) is 0.667. The van der Waals surface area contributed by atoms with Crippen molar-refractivity contribution in [3.63, 3.8) is 0 Å². The second kappa shape index (κ2) is 7.27. The Kier molecular flexibility index (Phi) is 5.12. The van der Waals surface area contributed by atoms with E-state index in [1.807, 2.05) is 11.6 Å². The molecular formula is C15H23N5O2S. The molecule has 126 valence electrons. The van der Waals surface area contributed by atoms with Crippen molar-refractivity contribution in [3.05, 3.63) is 11.6 Å². The van der Waals surface area contributed by atoms with Gasteiger partial charge in [-0.3, -0.25) is 14.5 Å². The van der Waals surface area contributed by atoms with Crippen molar-refractivity contribution < 1.29 is 9.59 Å². The summed E-state index contributed by atoms with van der Waals surface area (Å²) in [7, 11) is 1.63. The van der Waals surface area contributed by atoms with Gasteiger partial charge in [0.25, 0.3) is 0 Å². The Balaban J connectivity index is 1.50. The van der Waals surface area contributed by atoms with Crippen molar-refractivity contribution in [1.82, 2.24) is 20.1 Å². The van der Waals surface area contributed by atoms with Crippen LogP contribution in [0.15, 0.2) is 11.6 Å². The van der Waals surface area contributed by atoms with Crippen molar-refractivity contribution in [2.45, 2.75) is 18.9 Å². The number of anilines is 1. The minimum absolute atomic E-state index is 0.0514. The van der Waals surface area contributed by atoms with E-state index >= 15 is 0 Å². The van der Waals surface area contributed by atoms with E-state index in [0.29, 0.717) is 13.1 Å². The highest BCUT2D eigenvalue weighted by atomic mass is 32.1. The van der Waals surface area contributed by atoms with E-state index in [-0.39, 0.29) is 17.9 Å². The molecule has 1 aromatic heterocycles. The van der Waals surface area contributed by atoms with Gasteiger partial charge in [0, 0.05) is 51.3 Å². The molecule has 2 saturated heterocycles. The molecule has 2 aliphatic heterocycles. The number of aromatic nitrogens is 1. The summed E-state index contributed by atoms with van der Waals surface area (Å²) < 4.78 is 0. The highest BCUT2D eigenvalue weighted by molar-refractivity contribution is 7.13. The van der Waals surface area contributed by atoms with Gasteiger partial charge in [0.2, 0.25) is 11.8 Å². The maximum absolute atomic E-state index is 12.5. The van der Waals surface area contributed by atoms with Crippen molar-refractivity contribution in [2.24, 2.45) is 0 Å². The number of hydrogen-bond donors (Lipinski definition) is 1. The first-order valence-electron chi connectivity index (χ1n) is 8.07. The van der Waals surface area contributed by atoms with Gasteiger partial charge >= 0.3 is 0 Å². The molecule has 2 fully saturated rings. The molecule has 0 saturated carbocycles. The third kappa shape index (κ3) is 3.64. The fourth-order valence-corrected chi connectivity index (χ4v) is 3.95. The van der Waals surface area contributed by atoms with Crippen LogP contribution in [0.2, 0.25) is 0 Å². The van der Waals surface area contributed by atoms with Crippen LogP contribution in [0.1, 0.15) is 12.8 Å². The quantitative estimate of drug-likeness (QED) is 0.838. The fourth-order valence-electron chi connectivity index (χ4n) is 3.26. The number of hydrogen-bond acceptors (Lipinski definition) is 6. The number of likely N-dealkylation sites (tertiary alicyclic amines) is 1. The number of likely N-dealkylation sites (N-methyl/N-ethyl adjacent to an activating group) is 1. The minimum atomic E-state index is -0.288. The van der Waals surface area contributed by atoms with Gasteiger partial charge < -0.3 is 15.1 Å². The van der Waals surface area contributed by atoms with Crippen LogP contribution in [0.3, 0.4) is 0 Å². The highest BCUT2D eigenvalue weighted by Gasteiger charge is 2.34. The van der Waals surface area contributed by atoms with E-state index in [4.69, 9.17) is 0 Å². The van der Waals surface area contributed by atoms with Crippen LogP contribution >= 0.6 is 11.3 Å². The molecule has 0 aromatic carbocycles. The molecule has 3 heterocycles. The van der Waals surface area contributed by atoms with Crippen molar-refractivity contribution in [3.8, 4) is 0 Å². The molecule has 8 heteroatoms. The van der Waals surface area contributed by atoms with Crippen LogP contribution < -0.4 is 10.2 Å². The van der Waals surface area contributed by atoms with Gasteiger partial charge in [-0.25, -0.2) is 4.98 Å². The average molecular weight is 337 g/mol. The van der Waals surface area contributed by atoms with Gasteiger partial charge in [0.1, 0.15) is 6.04 Å². The SMILES string of the molecule is CNC(=O)C1CCCN1C(=O)CN1CCN(c2nccs2)CC1. The molecule has 2 aliphatic rings. The van der Waals surface area contributed by atoms with Crippen LogP contribution in [-0.2, 0) is 9.59 Å². The molecule has 3 rings (SSSR count). The zero-order chi connectivity index (χ0) is 16.2. The number of thiazole rings is 1. The third-order valence-corrected chi connectivity index (χ3v) is 5.38. The number of nitrogens with zero attached hydrogens (tertiary/aromatic N) is 4. The minimum Gasteiger partial charge on any atom is -0.357 e. The first kappa shape index (κ1) is 16.2. The van der Waals surface area contributed by atoms with Gasteiger partial charge in [-0.1, -0.05) is 0 Å². The molecule has 23 heavy (non-hydrogen) atoms. The number of carbonyl (C=O) groups excluding carboxylic acids is 2. The molecule has 1 unspecified atom stereocenters. The summed E-state index contributed by atoms with van der Waals surface area (Å²) in [5.74, 6) is 0.0169. The van der Waals surface area contributed by atoms with E-state index in [2.05, 4.69) is 20.1 Å². The first-order chi connectivity index (χ1) is 11.2. The molecular weight excluding hydrogens is 314 g/mol. The zero-order valence-corrected chi connectivity index (χ0v) is 14.2. The van der Waals surface area contributed by atoms with Gasteiger partial charge in [-0.05, 0) is 12.8 Å². The van der Waals surface area contributed by atoms with E-state index in [0.717, 1.165) is 44.2 Å². The summed E-state index contributed by atoms with van der Waals surface area (Å²) in [6.07, 6.45) is 3.49. The molecule has 7 nitrogen and oxygen atoms in total. The molecule has 1 N–H and O–H groups in total. The predicted molar refractivity (Wildman–Crippen MR) is 89.6 cm³/mol. The lowest BCUT2D eigenvalue weighted by Gasteiger charge is -2.35. The van der Waals surface area contributed by atoms with Gasteiger partial charge in [0.05, 0.1) is 6.54 Å². The van der Waals surface area contributed by atoms with Crippen LogP contribution in [0.5, 0.6) is 0 Å². The molecule has 0 spiro atoms.